The average Bonchev–Trinajstić information content (AvgIpc) is 3.35. The normalized spacial score (nSPS) is 11.0. The van der Waals surface area contributed by atoms with Crippen LogP contribution < -0.4 is 20.1 Å². The molecule has 0 bridgehead atoms. The third-order valence-electron chi connectivity index (χ3n) is 4.85. The second kappa shape index (κ2) is 16.5. The Morgan fingerprint density at radius 2 is 1.58 bits per heavy atom. The Balaban J connectivity index is 0.000000601. The average molecular weight is 718 g/mol. The molecule has 0 aliphatic carbocycles. The summed E-state index contributed by atoms with van der Waals surface area (Å²) in [6, 6.07) is 10.3. The molecule has 45 heavy (non-hydrogen) atoms. The number of nitrogens with two attached hydrogens (primary N) is 1. The molecule has 3 aromatic rings. The molecule has 3 rings (SSSR count). The molecule has 0 saturated carbocycles. The summed E-state index contributed by atoms with van der Waals surface area (Å²) in [5.74, 6) is -4.79. The van der Waals surface area contributed by atoms with Gasteiger partial charge >= 0.3 is 24.3 Å². The number of carboxylic acids is 2. The Bertz CT molecular complexity index is 1420. The third kappa shape index (κ3) is 12.9. The van der Waals surface area contributed by atoms with Crippen molar-refractivity contribution >= 4 is 45.3 Å². The van der Waals surface area contributed by atoms with E-state index >= 15 is 4.39 Å². The number of H-pyrrole nitrogens is 1. The van der Waals surface area contributed by atoms with Crippen LogP contribution in [0.4, 0.5) is 42.4 Å². The van der Waals surface area contributed by atoms with E-state index in [-0.39, 0.29) is 24.2 Å². The molecule has 248 valence electrons. The van der Waals surface area contributed by atoms with Crippen molar-refractivity contribution in [3.63, 3.8) is 0 Å². The van der Waals surface area contributed by atoms with Gasteiger partial charge in [-0.2, -0.15) is 26.3 Å². The van der Waals surface area contributed by atoms with Gasteiger partial charge in [-0.05, 0) is 67.0 Å². The summed E-state index contributed by atoms with van der Waals surface area (Å²) in [5, 5.41) is 21.8. The Kier molecular flexibility index (Phi) is 14.1. The summed E-state index contributed by atoms with van der Waals surface area (Å²) in [7, 11) is 0. The number of halogens is 8. The van der Waals surface area contributed by atoms with Gasteiger partial charge in [0.25, 0.3) is 0 Å². The molecule has 0 fully saturated rings. The minimum absolute atomic E-state index is 0.0234. The first kappa shape index (κ1) is 38.5. The zero-order valence-corrected chi connectivity index (χ0v) is 25.1. The smallest absolute Gasteiger partial charge is 0.490 e. The van der Waals surface area contributed by atoms with E-state index < -0.39 is 30.1 Å². The Hall–Kier alpha value is -4.55. The van der Waals surface area contributed by atoms with Crippen LogP contribution in [0, 0.1) is 11.2 Å². The van der Waals surface area contributed by atoms with Crippen LogP contribution in [0.2, 0.25) is 0 Å². The maximum atomic E-state index is 15.3. The van der Waals surface area contributed by atoms with Gasteiger partial charge in [0.2, 0.25) is 5.95 Å². The molecule has 11 nitrogen and oxygen atoms in total. The number of benzene rings is 2. The summed E-state index contributed by atoms with van der Waals surface area (Å²) in [6.07, 6.45) is -8.65. The Morgan fingerprint density at radius 3 is 1.96 bits per heavy atom. The quantitative estimate of drug-likeness (QED) is 0.0955. The first-order chi connectivity index (χ1) is 20.7. The zero-order chi connectivity index (χ0) is 34.7. The van der Waals surface area contributed by atoms with E-state index in [4.69, 9.17) is 40.4 Å². The predicted octanol–water partition coefficient (Wildman–Crippen LogP) is 6.39. The van der Waals surface area contributed by atoms with Crippen LogP contribution in [0.25, 0.3) is 0 Å². The Labute approximate surface area is 259 Å². The maximum Gasteiger partial charge on any atom is 0.490 e. The molecular weight excluding hydrogens is 691 g/mol. The molecular formula is C26H27BrF7N5O6. The number of anilines is 2. The van der Waals surface area contributed by atoms with Crippen LogP contribution in [0.1, 0.15) is 31.9 Å². The van der Waals surface area contributed by atoms with Crippen molar-refractivity contribution < 1.29 is 60.0 Å². The number of aromatic amines is 1. The van der Waals surface area contributed by atoms with Gasteiger partial charge in [0.15, 0.2) is 11.6 Å². The highest BCUT2D eigenvalue weighted by molar-refractivity contribution is 9.10. The second-order valence-electron chi connectivity index (χ2n) is 8.69. The van der Waals surface area contributed by atoms with Crippen molar-refractivity contribution in [3.8, 4) is 11.5 Å². The summed E-state index contributed by atoms with van der Waals surface area (Å²) < 4.78 is 90.7. The van der Waals surface area contributed by atoms with E-state index in [1.807, 2.05) is 37.8 Å². The van der Waals surface area contributed by atoms with Gasteiger partial charge in [0.05, 0.1) is 19.3 Å². The topological polar surface area (TPSA) is 175 Å². The lowest BCUT2D eigenvalue weighted by Crippen LogP contribution is -2.21. The number of ether oxygens (including phenoxy) is 2. The molecule has 6 N–H and O–H groups in total. The molecule has 0 unspecified atom stereocenters. The fourth-order valence-electron chi connectivity index (χ4n) is 3.04. The number of aromatic nitrogens is 2. The highest BCUT2D eigenvalue weighted by Crippen LogP contribution is 2.33. The van der Waals surface area contributed by atoms with Crippen molar-refractivity contribution in [2.24, 2.45) is 5.73 Å². The van der Waals surface area contributed by atoms with Crippen molar-refractivity contribution in [2.45, 2.75) is 45.8 Å². The molecule has 0 radical (unpaired) electrons. The van der Waals surface area contributed by atoms with Crippen LogP contribution in [0.5, 0.6) is 11.5 Å². The molecule has 2 aromatic carbocycles. The van der Waals surface area contributed by atoms with Crippen molar-refractivity contribution in [3.05, 3.63) is 64.1 Å². The van der Waals surface area contributed by atoms with Crippen molar-refractivity contribution in [1.82, 2.24) is 9.97 Å². The first-order valence-electron chi connectivity index (χ1n) is 12.3. The van der Waals surface area contributed by atoms with Crippen LogP contribution in [-0.2, 0) is 16.1 Å². The van der Waals surface area contributed by atoms with Crippen LogP contribution in [-0.4, -0.2) is 63.0 Å². The van der Waals surface area contributed by atoms with Crippen LogP contribution >= 0.6 is 15.9 Å². The SMILES string of the molecule is CCOc1cc(CN(c2ccc(C(=N)N)cc2)c2nc(Br)c[nH]2)c(F)c(OC(C)C)c1.O=C(O)C(F)(F)F.O=C(O)C(F)(F)F. The number of hydrogen-bond acceptors (Lipinski definition) is 7. The minimum atomic E-state index is -5.08. The van der Waals surface area contributed by atoms with Gasteiger partial charge in [-0.1, -0.05) is 0 Å². The van der Waals surface area contributed by atoms with E-state index in [1.54, 1.807) is 30.5 Å². The summed E-state index contributed by atoms with van der Waals surface area (Å²) >= 11 is 3.35. The molecule has 1 aromatic heterocycles. The largest absolute Gasteiger partial charge is 0.494 e. The number of amidine groups is 1. The number of nitrogens with zero attached hydrogens (tertiary/aromatic N) is 2. The van der Waals surface area contributed by atoms with Crippen LogP contribution in [0.3, 0.4) is 0 Å². The maximum absolute atomic E-state index is 15.3. The molecule has 0 atom stereocenters. The minimum Gasteiger partial charge on any atom is -0.494 e. The number of hydrogen-bond donors (Lipinski definition) is 5. The lowest BCUT2D eigenvalue weighted by molar-refractivity contribution is -0.193. The van der Waals surface area contributed by atoms with Gasteiger partial charge in [0, 0.05) is 29.1 Å². The fraction of sp³-hybridized carbons (Fsp3) is 0.308. The number of nitrogens with one attached hydrogen (secondary N) is 2. The number of aliphatic carboxylic acids is 2. The second-order valence-corrected chi connectivity index (χ2v) is 9.51. The first-order valence-corrected chi connectivity index (χ1v) is 13.1. The molecule has 0 aliphatic rings. The van der Waals surface area contributed by atoms with Crippen LogP contribution in [0.15, 0.2) is 47.2 Å². The molecule has 0 aliphatic heterocycles. The number of alkyl halides is 6. The number of rotatable bonds is 9. The highest BCUT2D eigenvalue weighted by Gasteiger charge is 2.38. The summed E-state index contributed by atoms with van der Waals surface area (Å²) in [4.78, 5) is 27.1. The van der Waals surface area contributed by atoms with Gasteiger partial charge in [-0.15, -0.1) is 0 Å². The molecule has 0 saturated heterocycles. The molecule has 0 amide bonds. The van der Waals surface area contributed by atoms with Gasteiger partial charge in [0.1, 0.15) is 16.2 Å². The van der Waals surface area contributed by atoms with Gasteiger partial charge < -0.3 is 35.3 Å². The number of imidazole rings is 1. The summed E-state index contributed by atoms with van der Waals surface area (Å²) in [6.45, 7) is 6.18. The summed E-state index contributed by atoms with van der Waals surface area (Å²) in [5.41, 5.74) is 7.31. The van der Waals surface area contributed by atoms with E-state index in [2.05, 4.69) is 25.9 Å². The van der Waals surface area contributed by atoms with E-state index in [0.29, 0.717) is 34.0 Å². The van der Waals surface area contributed by atoms with Gasteiger partial charge in [-0.25, -0.2) is 19.0 Å². The predicted molar refractivity (Wildman–Crippen MR) is 150 cm³/mol. The number of carbonyl (C=O) groups is 2. The fourth-order valence-corrected chi connectivity index (χ4v) is 3.32. The Morgan fingerprint density at radius 1 is 1.07 bits per heavy atom. The van der Waals surface area contributed by atoms with Gasteiger partial charge in [-0.3, -0.25) is 5.41 Å². The molecule has 19 heteroatoms. The standard InChI is InChI=1S/C22H25BrFN5O2.2C2HF3O2/c1-4-30-17-9-15(20(24)18(10-17)31-13(2)3)12-29(22-27-11-19(23)28-22)16-7-5-14(6-8-16)21(25)26;2*3-2(4,5)1(6)7/h5-11,13H,4,12H2,1-3H3,(H3,25,26)(H,27,28);2*(H,6,7). The highest BCUT2D eigenvalue weighted by atomic mass is 79.9. The zero-order valence-electron chi connectivity index (χ0n) is 23.6. The van der Waals surface area contributed by atoms with E-state index in [1.165, 1.54) is 0 Å². The van der Waals surface area contributed by atoms with E-state index in [0.717, 1.165) is 5.69 Å². The van der Waals surface area contributed by atoms with E-state index in [9.17, 15) is 26.3 Å². The third-order valence-corrected chi connectivity index (χ3v) is 5.26. The monoisotopic (exact) mass is 717 g/mol. The number of nitrogen functional groups attached to an aromatic ring is 1. The van der Waals surface area contributed by atoms with Crippen molar-refractivity contribution in [1.29, 1.82) is 5.41 Å². The van der Waals surface area contributed by atoms with Crippen molar-refractivity contribution in [2.75, 3.05) is 11.5 Å². The molecule has 1 heterocycles. The number of carboxylic acid groups (broad SMARTS) is 2. The lowest BCUT2D eigenvalue weighted by Gasteiger charge is -2.24. The lowest BCUT2D eigenvalue weighted by atomic mass is 10.1. The molecule has 0 spiro atoms.